The van der Waals surface area contributed by atoms with Gasteiger partial charge in [0.15, 0.2) is 0 Å². The zero-order valence-electron chi connectivity index (χ0n) is 16.1. The van der Waals surface area contributed by atoms with Gasteiger partial charge in [0.25, 0.3) is 0 Å². The Morgan fingerprint density at radius 2 is 1.69 bits per heavy atom. The van der Waals surface area contributed by atoms with E-state index in [0.717, 1.165) is 48.3 Å². The van der Waals surface area contributed by atoms with Crippen LogP contribution in [0.2, 0.25) is 0 Å². The third-order valence-corrected chi connectivity index (χ3v) is 4.93. The number of rotatable bonds is 10. The molecule has 0 unspecified atom stereocenters. The second kappa shape index (κ2) is 9.86. The molecule has 0 aliphatic rings. The van der Waals surface area contributed by atoms with Crippen LogP contribution in [0.3, 0.4) is 0 Å². The first-order chi connectivity index (χ1) is 12.5. The van der Waals surface area contributed by atoms with Crippen LogP contribution in [-0.2, 0) is 0 Å². The zero-order valence-corrected chi connectivity index (χ0v) is 17.7. The van der Waals surface area contributed by atoms with Crippen LogP contribution in [-0.4, -0.2) is 18.4 Å². The summed E-state index contributed by atoms with van der Waals surface area (Å²) in [6.45, 7) is 9.93. The molecule has 0 amide bonds. The number of ether oxygens (including phenoxy) is 2. The number of anilines is 1. The second-order valence-corrected chi connectivity index (χ2v) is 7.45. The number of unbranched alkanes of at least 4 members (excludes halogenated alkanes) is 2. The summed E-state index contributed by atoms with van der Waals surface area (Å²) < 4.78 is 17.9. The predicted molar refractivity (Wildman–Crippen MR) is 109 cm³/mol. The van der Waals surface area contributed by atoms with E-state index in [1.807, 2.05) is 6.07 Å². The fourth-order valence-corrected chi connectivity index (χ4v) is 2.93. The second-order valence-electron chi connectivity index (χ2n) is 6.65. The average Bonchev–Trinajstić information content (AvgIpc) is 2.94. The van der Waals surface area contributed by atoms with E-state index in [1.165, 1.54) is 0 Å². The summed E-state index contributed by atoms with van der Waals surface area (Å²) >= 11 is 3.47. The normalized spacial score (nSPS) is 11.2. The first-order valence-electron chi connectivity index (χ1n) is 9.34. The van der Waals surface area contributed by atoms with E-state index >= 15 is 0 Å². The Hall–Kier alpha value is -1.69. The van der Waals surface area contributed by atoms with Crippen LogP contribution >= 0.6 is 15.9 Å². The quantitative estimate of drug-likeness (QED) is 0.461. The van der Waals surface area contributed by atoms with E-state index in [2.05, 4.69) is 54.8 Å². The van der Waals surface area contributed by atoms with Crippen molar-refractivity contribution in [2.45, 2.75) is 59.3 Å². The first-order valence-corrected chi connectivity index (χ1v) is 10.1. The number of nitrogens with two attached hydrogens (primary N) is 1. The highest BCUT2D eigenvalue weighted by Gasteiger charge is 2.21. The lowest BCUT2D eigenvalue weighted by molar-refractivity contribution is 0.292. The lowest BCUT2D eigenvalue weighted by Gasteiger charge is -2.19. The highest BCUT2D eigenvalue weighted by Crippen LogP contribution is 2.42. The molecular formula is C20H29BrN2O3. The van der Waals surface area contributed by atoms with Crippen LogP contribution in [0.4, 0.5) is 5.88 Å². The molecule has 1 heterocycles. The SMILES string of the molecule is CCCCOc1cc(OCCCC)c(C(C)C)cc1-c1noc(N)c1Br. The van der Waals surface area contributed by atoms with Crippen molar-refractivity contribution in [2.24, 2.45) is 0 Å². The van der Waals surface area contributed by atoms with Gasteiger partial charge in [-0.15, -0.1) is 0 Å². The Bertz CT molecular complexity index is 713. The topological polar surface area (TPSA) is 70.5 Å². The number of hydrogen-bond acceptors (Lipinski definition) is 5. The molecule has 144 valence electrons. The van der Waals surface area contributed by atoms with Crippen LogP contribution < -0.4 is 15.2 Å². The Morgan fingerprint density at radius 1 is 1.08 bits per heavy atom. The van der Waals surface area contributed by atoms with Crippen LogP contribution in [0.5, 0.6) is 11.5 Å². The third-order valence-electron chi connectivity index (χ3n) is 4.16. The van der Waals surface area contributed by atoms with E-state index in [4.69, 9.17) is 19.7 Å². The molecule has 0 saturated heterocycles. The van der Waals surface area contributed by atoms with E-state index in [1.54, 1.807) is 0 Å². The van der Waals surface area contributed by atoms with Crippen molar-refractivity contribution < 1.29 is 14.0 Å². The highest BCUT2D eigenvalue weighted by molar-refractivity contribution is 9.10. The van der Waals surface area contributed by atoms with Crippen LogP contribution in [0, 0.1) is 0 Å². The lowest BCUT2D eigenvalue weighted by atomic mass is 9.97. The van der Waals surface area contributed by atoms with Gasteiger partial charge in [-0.2, -0.15) is 0 Å². The van der Waals surface area contributed by atoms with Gasteiger partial charge in [0.05, 0.1) is 13.2 Å². The molecule has 0 radical (unpaired) electrons. The molecule has 0 atom stereocenters. The molecule has 1 aromatic carbocycles. The molecule has 0 bridgehead atoms. The molecule has 0 fully saturated rings. The summed E-state index contributed by atoms with van der Waals surface area (Å²) in [6, 6.07) is 4.06. The summed E-state index contributed by atoms with van der Waals surface area (Å²) in [5.41, 5.74) is 8.45. The predicted octanol–water partition coefficient (Wildman–Crippen LogP) is 6.17. The van der Waals surface area contributed by atoms with E-state index in [9.17, 15) is 0 Å². The standard InChI is InChI=1S/C20H29BrN2O3/c1-5-7-9-24-16-12-17(25-10-8-6-2)15(11-14(16)13(3)4)19-18(21)20(22)26-23-19/h11-13H,5-10,22H2,1-4H3. The van der Waals surface area contributed by atoms with Gasteiger partial charge in [0.1, 0.15) is 21.7 Å². The van der Waals surface area contributed by atoms with Gasteiger partial charge in [-0.3, -0.25) is 0 Å². The maximum Gasteiger partial charge on any atom is 0.237 e. The van der Waals surface area contributed by atoms with E-state index in [-0.39, 0.29) is 5.88 Å². The number of halogens is 1. The Balaban J connectivity index is 2.48. The summed E-state index contributed by atoms with van der Waals surface area (Å²) in [4.78, 5) is 0. The molecule has 6 heteroatoms. The molecular weight excluding hydrogens is 396 g/mol. The molecule has 0 aliphatic carbocycles. The molecule has 2 rings (SSSR count). The minimum absolute atomic E-state index is 0.258. The number of nitrogen functional groups attached to an aromatic ring is 1. The molecule has 0 aliphatic heterocycles. The van der Waals surface area contributed by atoms with Gasteiger partial charge in [-0.05, 0) is 46.3 Å². The molecule has 1 aromatic heterocycles. The number of nitrogens with zero attached hydrogens (tertiary/aromatic N) is 1. The summed E-state index contributed by atoms with van der Waals surface area (Å²) in [7, 11) is 0. The Morgan fingerprint density at radius 3 is 2.19 bits per heavy atom. The molecule has 0 spiro atoms. The summed E-state index contributed by atoms with van der Waals surface area (Å²) in [6.07, 6.45) is 4.18. The van der Waals surface area contributed by atoms with Gasteiger partial charge in [-0.1, -0.05) is 45.7 Å². The summed E-state index contributed by atoms with van der Waals surface area (Å²) in [5, 5.41) is 4.11. The van der Waals surface area contributed by atoms with Gasteiger partial charge in [-0.25, -0.2) is 0 Å². The third kappa shape index (κ3) is 4.93. The maximum atomic E-state index is 6.05. The molecule has 5 nitrogen and oxygen atoms in total. The first kappa shape index (κ1) is 20.6. The number of benzene rings is 1. The van der Waals surface area contributed by atoms with Gasteiger partial charge in [0, 0.05) is 11.6 Å². The molecule has 2 N–H and O–H groups in total. The van der Waals surface area contributed by atoms with Crippen LogP contribution in [0.25, 0.3) is 11.3 Å². The van der Waals surface area contributed by atoms with Crippen LogP contribution in [0.1, 0.15) is 64.9 Å². The van der Waals surface area contributed by atoms with Crippen molar-refractivity contribution in [3.8, 4) is 22.8 Å². The van der Waals surface area contributed by atoms with Crippen molar-refractivity contribution in [3.05, 3.63) is 22.2 Å². The maximum absolute atomic E-state index is 6.05. The highest BCUT2D eigenvalue weighted by atomic mass is 79.9. The fraction of sp³-hybridized carbons (Fsp3) is 0.550. The largest absolute Gasteiger partial charge is 0.493 e. The van der Waals surface area contributed by atoms with Gasteiger partial charge < -0.3 is 19.7 Å². The van der Waals surface area contributed by atoms with Crippen molar-refractivity contribution in [1.29, 1.82) is 0 Å². The molecule has 0 saturated carbocycles. The molecule has 2 aromatic rings. The number of aromatic nitrogens is 1. The average molecular weight is 425 g/mol. The van der Waals surface area contributed by atoms with Crippen molar-refractivity contribution >= 4 is 21.8 Å². The Labute approximate surface area is 164 Å². The smallest absolute Gasteiger partial charge is 0.237 e. The minimum Gasteiger partial charge on any atom is -0.493 e. The Kier molecular flexibility index (Phi) is 7.82. The van der Waals surface area contributed by atoms with Crippen molar-refractivity contribution in [3.63, 3.8) is 0 Å². The monoisotopic (exact) mass is 424 g/mol. The van der Waals surface area contributed by atoms with Crippen molar-refractivity contribution in [1.82, 2.24) is 5.16 Å². The van der Waals surface area contributed by atoms with E-state index < -0.39 is 0 Å². The van der Waals surface area contributed by atoms with E-state index in [0.29, 0.717) is 29.3 Å². The zero-order chi connectivity index (χ0) is 19.1. The number of hydrogen-bond donors (Lipinski definition) is 1. The molecule has 26 heavy (non-hydrogen) atoms. The van der Waals surface area contributed by atoms with Gasteiger partial charge in [0.2, 0.25) is 5.88 Å². The minimum atomic E-state index is 0.258. The fourth-order valence-electron chi connectivity index (χ4n) is 2.57. The van der Waals surface area contributed by atoms with Gasteiger partial charge >= 0.3 is 0 Å². The van der Waals surface area contributed by atoms with Crippen molar-refractivity contribution in [2.75, 3.05) is 18.9 Å². The summed E-state index contributed by atoms with van der Waals surface area (Å²) in [5.74, 6) is 2.17. The van der Waals surface area contributed by atoms with Crippen LogP contribution in [0.15, 0.2) is 21.1 Å². The lowest BCUT2D eigenvalue weighted by Crippen LogP contribution is -2.05.